The minimum atomic E-state index is 0. The summed E-state index contributed by atoms with van der Waals surface area (Å²) in [6.45, 7) is 4.85. The van der Waals surface area contributed by atoms with Crippen LogP contribution in [0, 0.1) is 0 Å². The molecule has 2 N–H and O–H groups in total. The quantitative estimate of drug-likeness (QED) is 0.278. The topological polar surface area (TPSA) is 63.5 Å². The van der Waals surface area contributed by atoms with Crippen LogP contribution in [0.1, 0.15) is 23.6 Å². The second kappa shape index (κ2) is 12.1. The fraction of sp³-hybridized carbons (Fsp3) is 0.273. The SMILES string of the molecule is CCNC(=NCc1ccccc1OC)NCc1ccccc1Cn1cccn1.I. The first-order chi connectivity index (χ1) is 13.8. The minimum absolute atomic E-state index is 0. The first-order valence-corrected chi connectivity index (χ1v) is 9.48. The highest BCUT2D eigenvalue weighted by atomic mass is 127. The lowest BCUT2D eigenvalue weighted by atomic mass is 10.1. The third-order valence-corrected chi connectivity index (χ3v) is 4.40. The number of rotatable bonds is 8. The molecule has 0 atom stereocenters. The number of aromatic nitrogens is 2. The van der Waals surface area contributed by atoms with Crippen molar-refractivity contribution >= 4 is 29.9 Å². The molecule has 0 amide bonds. The fourth-order valence-corrected chi connectivity index (χ4v) is 2.97. The van der Waals surface area contributed by atoms with Crippen LogP contribution in [-0.2, 0) is 19.6 Å². The van der Waals surface area contributed by atoms with Gasteiger partial charge in [-0.1, -0.05) is 42.5 Å². The molecule has 0 unspecified atom stereocenters. The molecule has 0 fully saturated rings. The lowest BCUT2D eigenvalue weighted by Crippen LogP contribution is -2.37. The lowest BCUT2D eigenvalue weighted by Gasteiger charge is -2.14. The summed E-state index contributed by atoms with van der Waals surface area (Å²) in [6.07, 6.45) is 3.78. The number of guanidine groups is 1. The number of halogens is 1. The van der Waals surface area contributed by atoms with Crippen LogP contribution in [-0.4, -0.2) is 29.4 Å². The van der Waals surface area contributed by atoms with Crippen molar-refractivity contribution in [2.75, 3.05) is 13.7 Å². The number of ether oxygens (including phenoxy) is 1. The van der Waals surface area contributed by atoms with Gasteiger partial charge in [-0.05, 0) is 30.2 Å². The molecule has 29 heavy (non-hydrogen) atoms. The molecule has 0 aliphatic heterocycles. The van der Waals surface area contributed by atoms with Crippen LogP contribution >= 0.6 is 24.0 Å². The van der Waals surface area contributed by atoms with E-state index in [0.717, 1.165) is 30.4 Å². The standard InChI is InChI=1S/C22H27N5O.HI/c1-3-23-22(25-16-19-10-6-7-12-21(19)28-2)24-15-18-9-4-5-11-20(18)17-27-14-8-13-26-27;/h4-14H,3,15-17H2,1-2H3,(H2,23,24,25);1H. The van der Waals surface area contributed by atoms with Gasteiger partial charge in [0.15, 0.2) is 5.96 Å². The Labute approximate surface area is 189 Å². The fourth-order valence-electron chi connectivity index (χ4n) is 2.97. The van der Waals surface area contributed by atoms with Crippen molar-refractivity contribution in [2.45, 2.75) is 26.6 Å². The van der Waals surface area contributed by atoms with Crippen molar-refractivity contribution in [3.8, 4) is 5.75 Å². The highest BCUT2D eigenvalue weighted by Gasteiger charge is 2.06. The van der Waals surface area contributed by atoms with Gasteiger partial charge in [0.05, 0.1) is 20.2 Å². The van der Waals surface area contributed by atoms with Crippen molar-refractivity contribution in [1.29, 1.82) is 0 Å². The van der Waals surface area contributed by atoms with Crippen LogP contribution in [0.15, 0.2) is 72.0 Å². The van der Waals surface area contributed by atoms with E-state index in [4.69, 9.17) is 9.73 Å². The second-order valence-corrected chi connectivity index (χ2v) is 6.33. The molecular formula is C22H28IN5O. The normalized spacial score (nSPS) is 10.9. The third kappa shape index (κ3) is 6.77. The summed E-state index contributed by atoms with van der Waals surface area (Å²) in [5.41, 5.74) is 3.52. The van der Waals surface area contributed by atoms with Gasteiger partial charge in [-0.3, -0.25) is 4.68 Å². The Bertz CT molecular complexity index is 896. The molecule has 3 rings (SSSR count). The van der Waals surface area contributed by atoms with Gasteiger partial charge in [0.1, 0.15) is 5.75 Å². The van der Waals surface area contributed by atoms with E-state index in [1.165, 1.54) is 11.1 Å². The summed E-state index contributed by atoms with van der Waals surface area (Å²) < 4.78 is 7.34. The molecule has 0 bridgehead atoms. The second-order valence-electron chi connectivity index (χ2n) is 6.33. The van der Waals surface area contributed by atoms with Crippen LogP contribution in [0.4, 0.5) is 0 Å². The maximum Gasteiger partial charge on any atom is 0.191 e. The Balaban J connectivity index is 0.00000300. The summed E-state index contributed by atoms with van der Waals surface area (Å²) in [5.74, 6) is 1.63. The Hall–Kier alpha value is -2.55. The summed E-state index contributed by atoms with van der Waals surface area (Å²) in [4.78, 5) is 4.71. The van der Waals surface area contributed by atoms with E-state index in [0.29, 0.717) is 13.1 Å². The number of para-hydroxylation sites is 1. The first kappa shape index (κ1) is 22.7. The molecule has 1 heterocycles. The van der Waals surface area contributed by atoms with Gasteiger partial charge in [-0.25, -0.2) is 4.99 Å². The summed E-state index contributed by atoms with van der Waals surface area (Å²) in [7, 11) is 1.68. The molecule has 0 aliphatic rings. The Morgan fingerprint density at radius 3 is 2.41 bits per heavy atom. The molecule has 154 valence electrons. The number of hydrogen-bond donors (Lipinski definition) is 2. The van der Waals surface area contributed by atoms with Gasteiger partial charge in [-0.15, -0.1) is 24.0 Å². The van der Waals surface area contributed by atoms with E-state index >= 15 is 0 Å². The third-order valence-electron chi connectivity index (χ3n) is 4.40. The summed E-state index contributed by atoms with van der Waals surface area (Å²) in [6, 6.07) is 18.3. The van der Waals surface area contributed by atoms with Gasteiger partial charge >= 0.3 is 0 Å². The van der Waals surface area contributed by atoms with E-state index in [2.05, 4.69) is 46.9 Å². The molecule has 7 heteroatoms. The molecule has 0 saturated heterocycles. The summed E-state index contributed by atoms with van der Waals surface area (Å²) >= 11 is 0. The van der Waals surface area contributed by atoms with Gasteiger partial charge in [-0.2, -0.15) is 5.10 Å². The van der Waals surface area contributed by atoms with Crippen LogP contribution < -0.4 is 15.4 Å². The maximum atomic E-state index is 5.41. The largest absolute Gasteiger partial charge is 0.496 e. The van der Waals surface area contributed by atoms with Crippen LogP contribution in [0.5, 0.6) is 5.75 Å². The molecular weight excluding hydrogens is 477 g/mol. The maximum absolute atomic E-state index is 5.41. The molecule has 3 aromatic rings. The van der Waals surface area contributed by atoms with Gasteiger partial charge in [0.25, 0.3) is 0 Å². The first-order valence-electron chi connectivity index (χ1n) is 9.48. The highest BCUT2D eigenvalue weighted by Crippen LogP contribution is 2.18. The number of nitrogens with zero attached hydrogens (tertiary/aromatic N) is 3. The molecule has 0 aliphatic carbocycles. The Morgan fingerprint density at radius 1 is 1.00 bits per heavy atom. The number of aliphatic imine (C=N–C) groups is 1. The predicted molar refractivity (Wildman–Crippen MR) is 128 cm³/mol. The Morgan fingerprint density at radius 2 is 1.72 bits per heavy atom. The average Bonchev–Trinajstić information content (AvgIpc) is 3.24. The van der Waals surface area contributed by atoms with E-state index in [1.54, 1.807) is 13.3 Å². The molecule has 0 radical (unpaired) electrons. The lowest BCUT2D eigenvalue weighted by molar-refractivity contribution is 0.410. The molecule has 2 aromatic carbocycles. The summed E-state index contributed by atoms with van der Waals surface area (Å²) in [5, 5.41) is 11.0. The number of benzene rings is 2. The van der Waals surface area contributed by atoms with Crippen molar-refractivity contribution < 1.29 is 4.74 Å². The van der Waals surface area contributed by atoms with Gasteiger partial charge in [0, 0.05) is 31.0 Å². The highest BCUT2D eigenvalue weighted by molar-refractivity contribution is 14.0. The van der Waals surface area contributed by atoms with Crippen LogP contribution in [0.2, 0.25) is 0 Å². The van der Waals surface area contributed by atoms with Crippen molar-refractivity contribution in [3.63, 3.8) is 0 Å². The molecule has 0 spiro atoms. The Kier molecular flexibility index (Phi) is 9.49. The molecule has 0 saturated carbocycles. The zero-order valence-electron chi connectivity index (χ0n) is 16.8. The number of nitrogens with one attached hydrogen (secondary N) is 2. The zero-order valence-corrected chi connectivity index (χ0v) is 19.2. The monoisotopic (exact) mass is 505 g/mol. The van der Waals surface area contributed by atoms with Gasteiger partial charge in [0.2, 0.25) is 0 Å². The van der Waals surface area contributed by atoms with Gasteiger partial charge < -0.3 is 15.4 Å². The minimum Gasteiger partial charge on any atom is -0.496 e. The molecule has 1 aromatic heterocycles. The predicted octanol–water partition coefficient (Wildman–Crippen LogP) is 3.81. The van der Waals surface area contributed by atoms with Crippen molar-refractivity contribution in [1.82, 2.24) is 20.4 Å². The van der Waals surface area contributed by atoms with Crippen LogP contribution in [0.3, 0.4) is 0 Å². The van der Waals surface area contributed by atoms with E-state index in [9.17, 15) is 0 Å². The smallest absolute Gasteiger partial charge is 0.191 e. The van der Waals surface area contributed by atoms with E-state index in [-0.39, 0.29) is 24.0 Å². The van der Waals surface area contributed by atoms with Crippen molar-refractivity contribution in [2.24, 2.45) is 4.99 Å². The van der Waals surface area contributed by atoms with Crippen LogP contribution in [0.25, 0.3) is 0 Å². The van der Waals surface area contributed by atoms with E-state index in [1.807, 2.05) is 41.2 Å². The number of methoxy groups -OCH3 is 1. The zero-order chi connectivity index (χ0) is 19.6. The molecule has 6 nitrogen and oxygen atoms in total. The average molecular weight is 505 g/mol. The van der Waals surface area contributed by atoms with E-state index < -0.39 is 0 Å². The number of hydrogen-bond acceptors (Lipinski definition) is 3. The van der Waals surface area contributed by atoms with Crippen molar-refractivity contribution in [3.05, 3.63) is 83.7 Å².